The van der Waals surface area contributed by atoms with Gasteiger partial charge in [-0.05, 0) is 40.5 Å². The number of hydrogen-bond donors (Lipinski definition) is 3. The van der Waals surface area contributed by atoms with E-state index in [4.69, 9.17) is 9.84 Å². The number of rotatable bonds is 8. The predicted octanol–water partition coefficient (Wildman–Crippen LogP) is 4.89. The fourth-order valence-corrected chi connectivity index (χ4v) is 4.13. The zero-order valence-electron chi connectivity index (χ0n) is 18.4. The number of hydrogen-bond acceptors (Lipinski definition) is 4. The van der Waals surface area contributed by atoms with Gasteiger partial charge in [-0.15, -0.1) is 0 Å². The topological polar surface area (TPSA) is 105 Å². The highest BCUT2D eigenvalue weighted by Crippen LogP contribution is 2.44. The van der Waals surface area contributed by atoms with Crippen molar-refractivity contribution >= 4 is 23.7 Å². The quantitative estimate of drug-likeness (QED) is 0.426. The molecular weight excluding hydrogens is 458 g/mol. The highest BCUT2D eigenvalue weighted by atomic mass is 19.3. The third-order valence-electron chi connectivity index (χ3n) is 5.73. The minimum absolute atomic E-state index is 0.00182. The number of halogens is 2. The van der Waals surface area contributed by atoms with Gasteiger partial charge in [0.05, 0.1) is 0 Å². The molecule has 3 aromatic carbocycles. The van der Waals surface area contributed by atoms with Gasteiger partial charge in [0.2, 0.25) is 6.43 Å². The Hall–Kier alpha value is -4.27. The van der Waals surface area contributed by atoms with E-state index in [1.54, 1.807) is 0 Å². The van der Waals surface area contributed by atoms with Gasteiger partial charge in [-0.1, -0.05) is 54.6 Å². The van der Waals surface area contributed by atoms with Crippen LogP contribution in [0, 0.1) is 0 Å². The van der Waals surface area contributed by atoms with Gasteiger partial charge in [0.15, 0.2) is 0 Å². The third kappa shape index (κ3) is 5.46. The number of nitrogens with one attached hydrogen (secondary N) is 2. The fraction of sp³-hybridized carbons (Fsp3) is 0.192. The summed E-state index contributed by atoms with van der Waals surface area (Å²) in [5.74, 6) is -2.53. The Morgan fingerprint density at radius 3 is 2.14 bits per heavy atom. The maximum absolute atomic E-state index is 12.6. The lowest BCUT2D eigenvalue weighted by molar-refractivity contribution is -0.140. The first-order chi connectivity index (χ1) is 16.8. The summed E-state index contributed by atoms with van der Waals surface area (Å²) in [5, 5.41) is 13.6. The second-order valence-corrected chi connectivity index (χ2v) is 8.02. The van der Waals surface area contributed by atoms with Gasteiger partial charge < -0.3 is 15.2 Å². The van der Waals surface area contributed by atoms with Crippen molar-refractivity contribution in [2.24, 2.45) is 0 Å². The number of carbonyl (C=O) groups excluding carboxylic acids is 2. The smallest absolute Gasteiger partial charge is 0.411 e. The molecule has 0 spiro atoms. The fourth-order valence-electron chi connectivity index (χ4n) is 4.13. The average Bonchev–Trinajstić information content (AvgIpc) is 3.16. The summed E-state index contributed by atoms with van der Waals surface area (Å²) in [7, 11) is 0. The molecule has 0 bridgehead atoms. The number of benzene rings is 3. The molecular formula is C26H22F2N2O5. The summed E-state index contributed by atoms with van der Waals surface area (Å²) < 4.78 is 30.6. The monoisotopic (exact) mass is 480 g/mol. The van der Waals surface area contributed by atoms with Crippen LogP contribution in [0.4, 0.5) is 19.3 Å². The molecule has 1 aliphatic carbocycles. The van der Waals surface area contributed by atoms with Gasteiger partial charge in [-0.3, -0.25) is 10.1 Å². The second-order valence-electron chi connectivity index (χ2n) is 8.02. The zero-order chi connectivity index (χ0) is 24.9. The number of anilines is 1. The van der Waals surface area contributed by atoms with Gasteiger partial charge in [-0.2, -0.15) is 0 Å². The number of ether oxygens (including phenoxy) is 1. The molecule has 1 unspecified atom stereocenters. The van der Waals surface area contributed by atoms with E-state index >= 15 is 0 Å². The van der Waals surface area contributed by atoms with E-state index in [1.807, 2.05) is 48.5 Å². The van der Waals surface area contributed by atoms with Crippen molar-refractivity contribution < 1.29 is 33.0 Å². The van der Waals surface area contributed by atoms with Crippen molar-refractivity contribution in [3.8, 4) is 11.1 Å². The summed E-state index contributed by atoms with van der Waals surface area (Å²) in [6.45, 7) is 0.105. The van der Waals surface area contributed by atoms with Crippen molar-refractivity contribution in [2.75, 3.05) is 11.9 Å². The van der Waals surface area contributed by atoms with Gasteiger partial charge >= 0.3 is 12.1 Å². The number of alkyl halides is 2. The molecule has 0 aliphatic heterocycles. The maximum Gasteiger partial charge on any atom is 0.411 e. The summed E-state index contributed by atoms with van der Waals surface area (Å²) in [4.78, 5) is 35.9. The molecule has 180 valence electrons. The molecule has 1 aliphatic rings. The average molecular weight is 480 g/mol. The minimum Gasteiger partial charge on any atom is -0.480 e. The van der Waals surface area contributed by atoms with Crippen LogP contribution in [0.2, 0.25) is 0 Å². The summed E-state index contributed by atoms with van der Waals surface area (Å²) in [5.41, 5.74) is 4.57. The molecule has 3 N–H and O–H groups in total. The Balaban J connectivity index is 1.39. The lowest BCUT2D eigenvalue weighted by Crippen LogP contribution is -2.42. The second kappa shape index (κ2) is 10.3. The highest BCUT2D eigenvalue weighted by molar-refractivity contribution is 5.98. The Bertz CT molecular complexity index is 1220. The van der Waals surface area contributed by atoms with Crippen LogP contribution in [0.25, 0.3) is 11.1 Å². The van der Waals surface area contributed by atoms with Crippen molar-refractivity contribution in [2.45, 2.75) is 24.8 Å². The lowest BCUT2D eigenvalue weighted by Gasteiger charge is -2.15. The van der Waals surface area contributed by atoms with Crippen LogP contribution in [0.1, 0.15) is 33.8 Å². The molecule has 7 nitrogen and oxygen atoms in total. The summed E-state index contributed by atoms with van der Waals surface area (Å²) >= 11 is 0. The van der Waals surface area contributed by atoms with E-state index in [0.29, 0.717) is 0 Å². The van der Waals surface area contributed by atoms with Gasteiger partial charge in [0.1, 0.15) is 12.6 Å². The highest BCUT2D eigenvalue weighted by Gasteiger charge is 2.29. The standard InChI is InChI=1S/C26H22F2N2O5/c27-23(28)13-22(25(32)33)30-24(31)15-6-5-7-16(12-15)29-26(34)35-14-21-19-10-3-1-8-17(19)18-9-2-4-11-20(18)21/h1-12,21-23H,13-14H2,(H,29,34)(H,30,31)(H,32,33). The first-order valence-corrected chi connectivity index (χ1v) is 10.9. The first kappa shape index (κ1) is 23.9. The van der Waals surface area contributed by atoms with Crippen molar-refractivity contribution in [1.29, 1.82) is 0 Å². The minimum atomic E-state index is -2.89. The van der Waals surface area contributed by atoms with Crippen molar-refractivity contribution in [3.63, 3.8) is 0 Å². The van der Waals surface area contributed by atoms with E-state index < -0.39 is 36.9 Å². The van der Waals surface area contributed by atoms with E-state index in [-0.39, 0.29) is 23.8 Å². The number of amides is 2. The van der Waals surface area contributed by atoms with Crippen molar-refractivity contribution in [3.05, 3.63) is 89.5 Å². The molecule has 0 aromatic heterocycles. The van der Waals surface area contributed by atoms with Gasteiger partial charge in [-0.25, -0.2) is 18.4 Å². The zero-order valence-corrected chi connectivity index (χ0v) is 18.4. The van der Waals surface area contributed by atoms with Crippen LogP contribution < -0.4 is 10.6 Å². The number of carboxylic acid groups (broad SMARTS) is 1. The van der Waals surface area contributed by atoms with Crippen LogP contribution in [0.5, 0.6) is 0 Å². The maximum atomic E-state index is 12.6. The number of aliphatic carboxylic acids is 1. The third-order valence-corrected chi connectivity index (χ3v) is 5.73. The SMILES string of the molecule is O=C(Nc1cccc(C(=O)NC(CC(F)F)C(=O)O)c1)OCC1c2ccccc2-c2ccccc21. The van der Waals surface area contributed by atoms with E-state index in [2.05, 4.69) is 10.6 Å². The molecule has 35 heavy (non-hydrogen) atoms. The summed E-state index contributed by atoms with van der Waals surface area (Å²) in [6, 6.07) is 19.8. The van der Waals surface area contributed by atoms with Gasteiger partial charge in [0.25, 0.3) is 5.91 Å². The Kier molecular flexibility index (Phi) is 7.05. The van der Waals surface area contributed by atoms with Crippen molar-refractivity contribution in [1.82, 2.24) is 5.32 Å². The largest absolute Gasteiger partial charge is 0.480 e. The predicted molar refractivity (Wildman–Crippen MR) is 125 cm³/mol. The molecule has 0 saturated heterocycles. The number of fused-ring (bicyclic) bond motifs is 3. The molecule has 0 radical (unpaired) electrons. The molecule has 4 rings (SSSR count). The lowest BCUT2D eigenvalue weighted by atomic mass is 9.98. The van der Waals surface area contributed by atoms with Gasteiger partial charge in [0, 0.05) is 23.6 Å². The molecule has 9 heteroatoms. The Morgan fingerprint density at radius 2 is 1.54 bits per heavy atom. The number of carbonyl (C=O) groups is 3. The number of carboxylic acids is 1. The van der Waals surface area contributed by atoms with E-state index in [0.717, 1.165) is 22.3 Å². The van der Waals surface area contributed by atoms with Crippen LogP contribution in [0.15, 0.2) is 72.8 Å². The molecule has 1 atom stereocenters. The van der Waals surface area contributed by atoms with E-state index in [9.17, 15) is 23.2 Å². The first-order valence-electron chi connectivity index (χ1n) is 10.9. The Morgan fingerprint density at radius 1 is 0.914 bits per heavy atom. The molecule has 2 amide bonds. The normalized spacial score (nSPS) is 13.0. The van der Waals surface area contributed by atoms with E-state index in [1.165, 1.54) is 24.3 Å². The molecule has 3 aromatic rings. The molecule has 0 saturated carbocycles. The van der Waals surface area contributed by atoms with Crippen LogP contribution in [-0.2, 0) is 9.53 Å². The summed E-state index contributed by atoms with van der Waals surface area (Å²) in [6.07, 6.45) is -4.64. The molecule has 0 heterocycles. The van der Waals surface area contributed by atoms with Crippen LogP contribution in [0.3, 0.4) is 0 Å². The molecule has 0 fully saturated rings. The van der Waals surface area contributed by atoms with Crippen LogP contribution >= 0.6 is 0 Å². The van der Waals surface area contributed by atoms with Crippen LogP contribution in [-0.4, -0.2) is 42.2 Å². The Labute approximate surface area is 199 Å².